The van der Waals surface area contributed by atoms with Crippen molar-refractivity contribution in [3.8, 4) is 11.4 Å². The Morgan fingerprint density at radius 3 is 2.96 bits per heavy atom. The molecule has 1 spiro atoms. The predicted molar refractivity (Wildman–Crippen MR) is 102 cm³/mol. The largest absolute Gasteiger partial charge is 0.376 e. The molecule has 5 rings (SSSR count). The van der Waals surface area contributed by atoms with Crippen LogP contribution in [-0.4, -0.2) is 44.7 Å². The van der Waals surface area contributed by atoms with Crippen molar-refractivity contribution in [3.05, 3.63) is 59.0 Å². The van der Waals surface area contributed by atoms with Gasteiger partial charge in [-0.25, -0.2) is 9.97 Å². The molecule has 0 saturated carbocycles. The highest BCUT2D eigenvalue weighted by atomic mass is 16.5. The minimum atomic E-state index is -0.0908. The van der Waals surface area contributed by atoms with E-state index in [-0.39, 0.29) is 5.41 Å². The van der Waals surface area contributed by atoms with Crippen LogP contribution in [0.5, 0.6) is 0 Å². The van der Waals surface area contributed by atoms with Crippen LogP contribution in [-0.2, 0) is 23.3 Å². The first-order valence-electron chi connectivity index (χ1n) is 9.63. The number of likely N-dealkylation sites (tertiary alicyclic amines) is 1. The Hall–Kier alpha value is -2.64. The topological polar surface area (TPSA) is 77.2 Å². The molecule has 0 bridgehead atoms. The smallest absolute Gasteiger partial charge is 0.160 e. The summed E-state index contributed by atoms with van der Waals surface area (Å²) < 4.78 is 11.3. The van der Waals surface area contributed by atoms with Crippen LogP contribution in [0.2, 0.25) is 0 Å². The van der Waals surface area contributed by atoms with Gasteiger partial charge in [-0.15, -0.1) is 0 Å². The van der Waals surface area contributed by atoms with Gasteiger partial charge in [0.15, 0.2) is 5.82 Å². The minimum absolute atomic E-state index is 0.0908. The number of fused-ring (bicyclic) bond motifs is 2. The number of nitrogens with zero attached hydrogens (tertiary/aromatic N) is 5. The number of ether oxygens (including phenoxy) is 1. The van der Waals surface area contributed by atoms with Crippen molar-refractivity contribution >= 4 is 0 Å². The van der Waals surface area contributed by atoms with E-state index in [0.29, 0.717) is 13.2 Å². The average molecular weight is 377 g/mol. The Balaban J connectivity index is 1.46. The Morgan fingerprint density at radius 2 is 2.18 bits per heavy atom. The van der Waals surface area contributed by atoms with Gasteiger partial charge in [-0.2, -0.15) is 0 Å². The van der Waals surface area contributed by atoms with Gasteiger partial charge in [0.25, 0.3) is 0 Å². The highest BCUT2D eigenvalue weighted by Gasteiger charge is 2.45. The van der Waals surface area contributed by atoms with Crippen LogP contribution in [0.1, 0.15) is 34.7 Å². The molecule has 5 heterocycles. The van der Waals surface area contributed by atoms with Gasteiger partial charge in [-0.05, 0) is 38.9 Å². The van der Waals surface area contributed by atoms with Crippen molar-refractivity contribution in [3.63, 3.8) is 0 Å². The first kappa shape index (κ1) is 17.5. The van der Waals surface area contributed by atoms with E-state index in [0.717, 1.165) is 60.2 Å². The molecule has 7 nitrogen and oxygen atoms in total. The van der Waals surface area contributed by atoms with Crippen molar-refractivity contribution < 1.29 is 9.26 Å². The molecule has 7 heteroatoms. The van der Waals surface area contributed by atoms with Gasteiger partial charge in [0.05, 0.1) is 30.0 Å². The maximum absolute atomic E-state index is 5.96. The summed E-state index contributed by atoms with van der Waals surface area (Å²) >= 11 is 0. The Morgan fingerprint density at radius 1 is 1.25 bits per heavy atom. The highest BCUT2D eigenvalue weighted by Crippen LogP contribution is 2.40. The van der Waals surface area contributed by atoms with E-state index >= 15 is 0 Å². The fourth-order valence-electron chi connectivity index (χ4n) is 4.39. The molecular weight excluding hydrogens is 354 g/mol. The molecule has 28 heavy (non-hydrogen) atoms. The number of rotatable bonds is 3. The summed E-state index contributed by atoms with van der Waals surface area (Å²) in [6.07, 6.45) is 6.52. The molecule has 0 amide bonds. The second-order valence-electron chi connectivity index (χ2n) is 7.85. The van der Waals surface area contributed by atoms with Crippen LogP contribution in [0, 0.1) is 13.8 Å². The van der Waals surface area contributed by atoms with Gasteiger partial charge >= 0.3 is 0 Å². The number of hydrogen-bond acceptors (Lipinski definition) is 7. The average Bonchev–Trinajstić information content (AvgIpc) is 3.28. The van der Waals surface area contributed by atoms with E-state index in [4.69, 9.17) is 14.2 Å². The van der Waals surface area contributed by atoms with Crippen LogP contribution in [0.15, 0.2) is 35.2 Å². The fourth-order valence-corrected chi connectivity index (χ4v) is 4.39. The van der Waals surface area contributed by atoms with E-state index < -0.39 is 0 Å². The molecule has 2 aliphatic heterocycles. The van der Waals surface area contributed by atoms with Gasteiger partial charge in [-0.3, -0.25) is 9.88 Å². The Kier molecular flexibility index (Phi) is 4.21. The predicted octanol–water partition coefficient (Wildman–Crippen LogP) is 2.82. The lowest BCUT2D eigenvalue weighted by Gasteiger charge is -2.34. The highest BCUT2D eigenvalue weighted by molar-refractivity contribution is 5.54. The Labute approximate surface area is 163 Å². The molecule has 0 unspecified atom stereocenters. The van der Waals surface area contributed by atoms with Crippen molar-refractivity contribution in [2.75, 3.05) is 19.7 Å². The van der Waals surface area contributed by atoms with Crippen molar-refractivity contribution in [2.24, 2.45) is 0 Å². The quantitative estimate of drug-likeness (QED) is 0.694. The number of aryl methyl sites for hydroxylation is 2. The second kappa shape index (κ2) is 6.76. The van der Waals surface area contributed by atoms with Gasteiger partial charge < -0.3 is 9.26 Å². The lowest BCUT2D eigenvalue weighted by molar-refractivity contribution is 0.0503. The molecule has 1 saturated heterocycles. The van der Waals surface area contributed by atoms with E-state index in [9.17, 15) is 0 Å². The summed E-state index contributed by atoms with van der Waals surface area (Å²) in [5.41, 5.74) is 5.24. The fraction of sp³-hybridized carbons (Fsp3) is 0.429. The van der Waals surface area contributed by atoms with Gasteiger partial charge in [0.2, 0.25) is 0 Å². The SMILES string of the molecule is Cc1noc(C)c1CN1CC[C@@]2(COCc3cnc(-c4cccnc4)nc32)C1. The van der Waals surface area contributed by atoms with Crippen LogP contribution in [0.25, 0.3) is 11.4 Å². The van der Waals surface area contributed by atoms with E-state index in [1.54, 1.807) is 6.20 Å². The van der Waals surface area contributed by atoms with E-state index in [1.807, 2.05) is 38.4 Å². The van der Waals surface area contributed by atoms with Crippen molar-refractivity contribution in [2.45, 2.75) is 38.8 Å². The molecule has 1 fully saturated rings. The van der Waals surface area contributed by atoms with Gasteiger partial charge in [0.1, 0.15) is 5.76 Å². The third-order valence-electron chi connectivity index (χ3n) is 5.92. The Bertz CT molecular complexity index is 984. The number of pyridine rings is 1. The minimum Gasteiger partial charge on any atom is -0.376 e. The first-order valence-corrected chi connectivity index (χ1v) is 9.63. The summed E-state index contributed by atoms with van der Waals surface area (Å²) in [6.45, 7) is 8.01. The summed E-state index contributed by atoms with van der Waals surface area (Å²) in [5.74, 6) is 1.64. The lowest BCUT2D eigenvalue weighted by atomic mass is 9.80. The molecule has 0 N–H and O–H groups in total. The molecule has 0 radical (unpaired) electrons. The summed E-state index contributed by atoms with van der Waals surface area (Å²) in [4.78, 5) is 16.2. The summed E-state index contributed by atoms with van der Waals surface area (Å²) in [6, 6.07) is 3.91. The molecule has 2 aliphatic rings. The zero-order chi connectivity index (χ0) is 19.1. The van der Waals surface area contributed by atoms with Crippen molar-refractivity contribution in [1.82, 2.24) is 25.0 Å². The second-order valence-corrected chi connectivity index (χ2v) is 7.85. The molecular formula is C21H23N5O2. The normalized spacial score (nSPS) is 21.9. The zero-order valence-corrected chi connectivity index (χ0v) is 16.2. The molecule has 144 valence electrons. The van der Waals surface area contributed by atoms with Gasteiger partial charge in [0, 0.05) is 48.4 Å². The van der Waals surface area contributed by atoms with E-state index in [1.165, 1.54) is 5.56 Å². The number of aromatic nitrogens is 4. The first-order chi connectivity index (χ1) is 13.6. The monoisotopic (exact) mass is 377 g/mol. The molecule has 0 aliphatic carbocycles. The third-order valence-corrected chi connectivity index (χ3v) is 5.92. The zero-order valence-electron chi connectivity index (χ0n) is 16.2. The van der Waals surface area contributed by atoms with Crippen molar-refractivity contribution in [1.29, 1.82) is 0 Å². The van der Waals surface area contributed by atoms with Gasteiger partial charge in [-0.1, -0.05) is 5.16 Å². The molecule has 3 aromatic rings. The third kappa shape index (κ3) is 2.91. The maximum atomic E-state index is 5.96. The standard InChI is InChI=1S/C21H23N5O2/c1-14-18(15(2)28-25-14)10-26-7-5-21(12-26)13-27-11-17-9-23-20(24-19(17)21)16-4-3-6-22-8-16/h3-4,6,8-9H,5,7,10-13H2,1-2H3/t21-/m0/s1. The van der Waals surface area contributed by atoms with E-state index in [2.05, 4.69) is 20.0 Å². The molecule has 3 aromatic heterocycles. The lowest BCUT2D eigenvalue weighted by Crippen LogP contribution is -2.40. The van der Waals surface area contributed by atoms with Crippen LogP contribution >= 0.6 is 0 Å². The van der Waals surface area contributed by atoms with Crippen LogP contribution in [0.4, 0.5) is 0 Å². The molecule has 1 atom stereocenters. The summed E-state index contributed by atoms with van der Waals surface area (Å²) in [5, 5.41) is 4.09. The molecule has 0 aromatic carbocycles. The van der Waals surface area contributed by atoms with Crippen LogP contribution in [0.3, 0.4) is 0 Å². The summed E-state index contributed by atoms with van der Waals surface area (Å²) in [7, 11) is 0. The van der Waals surface area contributed by atoms with Crippen LogP contribution < -0.4 is 0 Å². The maximum Gasteiger partial charge on any atom is 0.160 e. The number of hydrogen-bond donors (Lipinski definition) is 0.